The number of rotatable bonds is 7. The van der Waals surface area contributed by atoms with E-state index in [1.807, 2.05) is 12.1 Å². The highest BCUT2D eigenvalue weighted by atomic mass is 127. The second kappa shape index (κ2) is 11.5. The van der Waals surface area contributed by atoms with Crippen molar-refractivity contribution in [1.29, 1.82) is 0 Å². The van der Waals surface area contributed by atoms with Crippen LogP contribution in [0.2, 0.25) is 0 Å². The van der Waals surface area contributed by atoms with Crippen LogP contribution in [0.3, 0.4) is 0 Å². The fraction of sp³-hybridized carbons (Fsp3) is 0.458. The van der Waals surface area contributed by atoms with Crippen LogP contribution in [0, 0.1) is 0 Å². The number of nitrogens with one attached hydrogen (secondary N) is 2. The average molecular weight is 536 g/mol. The number of anilines is 1. The number of para-hydroxylation sites is 2. The number of fused-ring (bicyclic) bond motifs is 1. The molecule has 1 unspecified atom stereocenters. The lowest BCUT2D eigenvalue weighted by Crippen LogP contribution is -2.44. The van der Waals surface area contributed by atoms with E-state index < -0.39 is 0 Å². The molecule has 0 saturated carbocycles. The van der Waals surface area contributed by atoms with Crippen LogP contribution in [0.4, 0.5) is 5.69 Å². The van der Waals surface area contributed by atoms with Crippen molar-refractivity contribution in [3.8, 4) is 11.5 Å². The van der Waals surface area contributed by atoms with Crippen molar-refractivity contribution in [2.24, 2.45) is 4.99 Å². The van der Waals surface area contributed by atoms with E-state index in [-0.39, 0.29) is 24.0 Å². The third-order valence-corrected chi connectivity index (χ3v) is 5.72. The van der Waals surface area contributed by atoms with Crippen molar-refractivity contribution in [1.82, 2.24) is 10.6 Å². The lowest BCUT2D eigenvalue weighted by atomic mass is 10.1. The Morgan fingerprint density at radius 2 is 2.13 bits per heavy atom. The van der Waals surface area contributed by atoms with Gasteiger partial charge in [0.15, 0.2) is 5.96 Å². The van der Waals surface area contributed by atoms with Crippen molar-refractivity contribution in [3.63, 3.8) is 0 Å². The van der Waals surface area contributed by atoms with Gasteiger partial charge in [0.1, 0.15) is 11.5 Å². The van der Waals surface area contributed by atoms with E-state index in [9.17, 15) is 0 Å². The third-order valence-electron chi connectivity index (χ3n) is 5.72. The van der Waals surface area contributed by atoms with Gasteiger partial charge in [-0.05, 0) is 49.1 Å². The molecule has 2 aliphatic heterocycles. The molecule has 31 heavy (non-hydrogen) atoms. The second-order valence-corrected chi connectivity index (χ2v) is 7.80. The van der Waals surface area contributed by atoms with Crippen molar-refractivity contribution in [2.75, 3.05) is 44.8 Å². The molecule has 1 fully saturated rings. The molecule has 0 spiro atoms. The molecule has 4 rings (SSSR count). The maximum atomic E-state index is 5.60. The van der Waals surface area contributed by atoms with E-state index in [0.29, 0.717) is 6.04 Å². The summed E-state index contributed by atoms with van der Waals surface area (Å²) < 4.78 is 11.1. The molecule has 0 bridgehead atoms. The molecule has 2 aliphatic rings. The summed E-state index contributed by atoms with van der Waals surface area (Å²) in [5.74, 6) is 2.87. The van der Waals surface area contributed by atoms with Gasteiger partial charge in [-0.25, -0.2) is 0 Å². The van der Waals surface area contributed by atoms with Crippen LogP contribution >= 0.6 is 24.0 Å². The van der Waals surface area contributed by atoms with Crippen LogP contribution < -0.4 is 25.0 Å². The molecule has 2 N–H and O–H groups in total. The number of nitrogens with zero attached hydrogens (tertiary/aromatic N) is 2. The zero-order valence-corrected chi connectivity index (χ0v) is 20.7. The quantitative estimate of drug-likeness (QED) is 0.322. The highest BCUT2D eigenvalue weighted by Crippen LogP contribution is 2.30. The summed E-state index contributed by atoms with van der Waals surface area (Å²) in [6, 6.07) is 15.1. The zero-order valence-electron chi connectivity index (χ0n) is 18.4. The molecule has 168 valence electrons. The molecule has 7 heteroatoms. The lowest BCUT2D eigenvalue weighted by molar-refractivity contribution is 0.357. The van der Waals surface area contributed by atoms with Crippen LogP contribution in [0.15, 0.2) is 47.5 Å². The average Bonchev–Trinajstić information content (AvgIpc) is 3.43. The fourth-order valence-electron chi connectivity index (χ4n) is 4.19. The van der Waals surface area contributed by atoms with Crippen LogP contribution in [-0.2, 0) is 12.8 Å². The summed E-state index contributed by atoms with van der Waals surface area (Å²) >= 11 is 0. The Morgan fingerprint density at radius 1 is 1.26 bits per heavy atom. The van der Waals surface area contributed by atoms with Gasteiger partial charge in [-0.1, -0.05) is 24.3 Å². The van der Waals surface area contributed by atoms with Gasteiger partial charge < -0.3 is 25.0 Å². The van der Waals surface area contributed by atoms with E-state index in [0.717, 1.165) is 75.2 Å². The third kappa shape index (κ3) is 5.96. The molecule has 2 heterocycles. The van der Waals surface area contributed by atoms with Crippen molar-refractivity contribution in [2.45, 2.75) is 32.2 Å². The van der Waals surface area contributed by atoms with Crippen molar-refractivity contribution >= 4 is 35.6 Å². The van der Waals surface area contributed by atoms with E-state index >= 15 is 0 Å². The first kappa shape index (κ1) is 23.5. The molecule has 0 amide bonds. The van der Waals surface area contributed by atoms with Gasteiger partial charge in [-0.2, -0.15) is 0 Å². The first-order valence-electron chi connectivity index (χ1n) is 10.9. The minimum absolute atomic E-state index is 0. The molecular weight excluding hydrogens is 503 g/mol. The molecule has 0 aliphatic carbocycles. The van der Waals surface area contributed by atoms with Gasteiger partial charge in [0.05, 0.1) is 19.4 Å². The number of hydrogen-bond acceptors (Lipinski definition) is 4. The minimum atomic E-state index is 0. The number of ether oxygens (including phenoxy) is 2. The van der Waals surface area contributed by atoms with Gasteiger partial charge in [0.2, 0.25) is 0 Å². The van der Waals surface area contributed by atoms with Gasteiger partial charge >= 0.3 is 0 Å². The molecule has 6 nitrogen and oxygen atoms in total. The lowest BCUT2D eigenvalue weighted by Gasteiger charge is -2.22. The van der Waals surface area contributed by atoms with Gasteiger partial charge in [0.25, 0.3) is 0 Å². The number of methoxy groups -OCH3 is 1. The summed E-state index contributed by atoms with van der Waals surface area (Å²) in [6.45, 7) is 6.47. The summed E-state index contributed by atoms with van der Waals surface area (Å²) in [5.41, 5.74) is 3.80. The monoisotopic (exact) mass is 536 g/mol. The van der Waals surface area contributed by atoms with Crippen molar-refractivity contribution in [3.05, 3.63) is 53.6 Å². The Balaban J connectivity index is 0.00000272. The SMILES string of the molecule is CCNC(=NCCc1ccc2c(c1)CCO2)NC1CCN(c2ccccc2OC)C1.I. The molecule has 1 atom stereocenters. The van der Waals surface area contributed by atoms with Crippen LogP contribution in [-0.4, -0.2) is 51.9 Å². The fourth-order valence-corrected chi connectivity index (χ4v) is 4.19. The molecular formula is C24H33IN4O2. The highest BCUT2D eigenvalue weighted by Gasteiger charge is 2.25. The van der Waals surface area contributed by atoms with E-state index in [4.69, 9.17) is 14.5 Å². The molecule has 0 radical (unpaired) electrons. The minimum Gasteiger partial charge on any atom is -0.495 e. The Kier molecular flexibility index (Phi) is 8.69. The molecule has 2 aromatic rings. The number of benzene rings is 2. The smallest absolute Gasteiger partial charge is 0.191 e. The Labute approximate surface area is 202 Å². The summed E-state index contributed by atoms with van der Waals surface area (Å²) in [4.78, 5) is 7.20. The maximum absolute atomic E-state index is 5.60. The molecule has 2 aromatic carbocycles. The van der Waals surface area contributed by atoms with Crippen LogP contribution in [0.5, 0.6) is 11.5 Å². The largest absolute Gasteiger partial charge is 0.495 e. The van der Waals surface area contributed by atoms with E-state index in [2.05, 4.69) is 52.8 Å². The Hall–Kier alpha value is -2.16. The van der Waals surface area contributed by atoms with Gasteiger partial charge in [0, 0.05) is 38.6 Å². The zero-order chi connectivity index (χ0) is 20.8. The molecule has 0 aromatic heterocycles. The Morgan fingerprint density at radius 3 is 2.97 bits per heavy atom. The van der Waals surface area contributed by atoms with Gasteiger partial charge in [-0.3, -0.25) is 4.99 Å². The molecule has 1 saturated heterocycles. The van der Waals surface area contributed by atoms with Crippen molar-refractivity contribution < 1.29 is 9.47 Å². The van der Waals surface area contributed by atoms with E-state index in [1.54, 1.807) is 7.11 Å². The summed E-state index contributed by atoms with van der Waals surface area (Å²) in [7, 11) is 1.73. The van der Waals surface area contributed by atoms with Gasteiger partial charge in [-0.15, -0.1) is 24.0 Å². The summed E-state index contributed by atoms with van der Waals surface area (Å²) in [6.07, 6.45) is 3.02. The van der Waals surface area contributed by atoms with Crippen LogP contribution in [0.25, 0.3) is 0 Å². The predicted octanol–water partition coefficient (Wildman–Crippen LogP) is 3.62. The number of halogens is 1. The van der Waals surface area contributed by atoms with E-state index in [1.165, 1.54) is 11.1 Å². The number of hydrogen-bond donors (Lipinski definition) is 2. The van der Waals surface area contributed by atoms with Crippen LogP contribution in [0.1, 0.15) is 24.5 Å². The maximum Gasteiger partial charge on any atom is 0.191 e. The standard InChI is InChI=1S/C24H32N4O2.HI/c1-3-25-24(26-13-10-18-8-9-22-19(16-18)12-15-30-22)27-20-11-14-28(17-20)21-6-4-5-7-23(21)29-2;/h4-9,16,20H,3,10-15,17H2,1-2H3,(H2,25,26,27);1H. The summed E-state index contributed by atoms with van der Waals surface area (Å²) in [5, 5.41) is 7.01. The number of aliphatic imine (C=N–C) groups is 1. The topological polar surface area (TPSA) is 58.1 Å². The first-order chi connectivity index (χ1) is 14.8. The predicted molar refractivity (Wildman–Crippen MR) is 137 cm³/mol. The first-order valence-corrected chi connectivity index (χ1v) is 10.9. The highest BCUT2D eigenvalue weighted by molar-refractivity contribution is 14.0. The second-order valence-electron chi connectivity index (χ2n) is 7.80. The number of guanidine groups is 1. The normalized spacial score (nSPS) is 17.5. The Bertz CT molecular complexity index is 890.